The van der Waals surface area contributed by atoms with Gasteiger partial charge in [-0.05, 0) is 51.6 Å². The normalized spacial score (nSPS) is 13.4. The molecule has 4 aromatic carbocycles. The molecule has 1 aromatic heterocycles. The molecule has 0 aliphatic rings. The fraction of sp³-hybridized carbons (Fsp3) is 0.361. The summed E-state index contributed by atoms with van der Waals surface area (Å²) in [6.07, 6.45) is 3.29. The van der Waals surface area contributed by atoms with Gasteiger partial charge >= 0.3 is 0 Å². The summed E-state index contributed by atoms with van der Waals surface area (Å²) in [6.45, 7) is 12.3. The molecule has 0 aliphatic heterocycles. The number of rotatable bonds is 7. The van der Waals surface area contributed by atoms with E-state index in [4.69, 9.17) is 0 Å². The van der Waals surface area contributed by atoms with Crippen LogP contribution in [0.25, 0.3) is 43.6 Å². The van der Waals surface area contributed by atoms with E-state index in [0.29, 0.717) is 6.42 Å². The van der Waals surface area contributed by atoms with Gasteiger partial charge in [0.05, 0.1) is 12.2 Å². The number of aliphatic hydroxyl groups excluding tert-OH is 2. The van der Waals surface area contributed by atoms with Crippen molar-refractivity contribution in [3.8, 4) is 11.3 Å². The average molecular weight is 713 g/mol. The van der Waals surface area contributed by atoms with Crippen molar-refractivity contribution < 1.29 is 30.3 Å². The molecule has 0 aliphatic carbocycles. The first-order valence-electron chi connectivity index (χ1n) is 14.1. The van der Waals surface area contributed by atoms with Crippen molar-refractivity contribution >= 4 is 32.3 Å². The fourth-order valence-electron chi connectivity index (χ4n) is 4.83. The van der Waals surface area contributed by atoms with Crippen LogP contribution in [0.1, 0.15) is 60.8 Å². The maximum Gasteiger partial charge on any atom is 0.0615 e. The molecule has 0 saturated carbocycles. The van der Waals surface area contributed by atoms with E-state index in [1.165, 1.54) is 32.3 Å². The SMILES string of the molecule is CCC(C)(C)C(O)CC(O)C(C)(C)CC.[Ir].[c-]1cc2c3ccccc3c3ccccc3c2cc1-c1ccccn1. The third kappa shape index (κ3) is 6.81. The molecule has 2 atom stereocenters. The molecule has 2 unspecified atom stereocenters. The standard InChI is InChI=1S/C23H14N.C13H28O2.Ir/c1-2-9-19-17(7-1)18-8-3-4-10-20(18)22-15-16(12-13-21(19)22)23-11-5-6-14-24-23;1-7-12(3,4)10(14)9-11(15)13(5,6)8-2;/h1-11,13-15H;10-11,14-15H,7-9H2,1-6H3;/q-1;;. The Bertz CT molecular complexity index is 1490. The van der Waals surface area contributed by atoms with Crippen LogP contribution >= 0.6 is 0 Å². The Morgan fingerprint density at radius 3 is 1.57 bits per heavy atom. The molecule has 0 amide bonds. The summed E-state index contributed by atoms with van der Waals surface area (Å²) in [5, 5.41) is 27.7. The average Bonchev–Trinajstić information content (AvgIpc) is 2.97. The molecule has 0 spiro atoms. The van der Waals surface area contributed by atoms with Gasteiger partial charge in [-0.25, -0.2) is 0 Å². The van der Waals surface area contributed by atoms with E-state index in [1.54, 1.807) is 0 Å². The van der Waals surface area contributed by atoms with Crippen LogP contribution in [0.15, 0.2) is 85.1 Å². The molecule has 40 heavy (non-hydrogen) atoms. The maximum atomic E-state index is 10.0. The van der Waals surface area contributed by atoms with Gasteiger partial charge in [0, 0.05) is 32.7 Å². The molecule has 1 heterocycles. The summed E-state index contributed by atoms with van der Waals surface area (Å²) in [7, 11) is 0. The van der Waals surface area contributed by atoms with E-state index in [9.17, 15) is 10.2 Å². The fourth-order valence-corrected chi connectivity index (χ4v) is 4.83. The number of hydrogen-bond donors (Lipinski definition) is 2. The van der Waals surface area contributed by atoms with Gasteiger partial charge in [-0.1, -0.05) is 118 Å². The molecule has 0 fully saturated rings. The molecular weight excluding hydrogens is 671 g/mol. The predicted molar refractivity (Wildman–Crippen MR) is 166 cm³/mol. The zero-order valence-corrected chi connectivity index (χ0v) is 26.9. The first kappa shape index (κ1) is 31.9. The molecule has 2 N–H and O–H groups in total. The summed E-state index contributed by atoms with van der Waals surface area (Å²) in [5.74, 6) is 0. The Kier molecular flexibility index (Phi) is 10.7. The summed E-state index contributed by atoms with van der Waals surface area (Å²) in [5.41, 5.74) is 1.77. The molecular formula is C36H42IrNO2-. The Labute approximate surface area is 253 Å². The summed E-state index contributed by atoms with van der Waals surface area (Å²) in [4.78, 5) is 4.47. The summed E-state index contributed by atoms with van der Waals surface area (Å²) >= 11 is 0. The Morgan fingerprint density at radius 1 is 0.675 bits per heavy atom. The van der Waals surface area contributed by atoms with Gasteiger partial charge in [0.25, 0.3) is 0 Å². The van der Waals surface area contributed by atoms with Crippen molar-refractivity contribution in [1.29, 1.82) is 0 Å². The number of pyridine rings is 1. The van der Waals surface area contributed by atoms with Crippen LogP contribution in [0, 0.1) is 16.9 Å². The van der Waals surface area contributed by atoms with Gasteiger partial charge in [-0.2, -0.15) is 0 Å². The van der Waals surface area contributed by atoms with Gasteiger partial charge in [-0.3, -0.25) is 0 Å². The van der Waals surface area contributed by atoms with Gasteiger partial charge in [-0.15, -0.1) is 23.8 Å². The second-order valence-corrected chi connectivity index (χ2v) is 11.9. The predicted octanol–water partition coefficient (Wildman–Crippen LogP) is 8.98. The largest absolute Gasteiger partial charge is 0.392 e. The van der Waals surface area contributed by atoms with Crippen LogP contribution in [0.4, 0.5) is 0 Å². The van der Waals surface area contributed by atoms with Crippen molar-refractivity contribution in [2.45, 2.75) is 73.0 Å². The molecule has 213 valence electrons. The summed E-state index contributed by atoms with van der Waals surface area (Å²) in [6, 6.07) is 30.9. The molecule has 0 saturated heterocycles. The quantitative estimate of drug-likeness (QED) is 0.131. The number of fused-ring (bicyclic) bond motifs is 6. The minimum absolute atomic E-state index is 0. The van der Waals surface area contributed by atoms with Crippen LogP contribution in [0.5, 0.6) is 0 Å². The summed E-state index contributed by atoms with van der Waals surface area (Å²) < 4.78 is 0. The number of nitrogens with zero attached hydrogens (tertiary/aromatic N) is 1. The van der Waals surface area contributed by atoms with E-state index < -0.39 is 12.2 Å². The van der Waals surface area contributed by atoms with E-state index >= 15 is 0 Å². The molecule has 5 rings (SSSR count). The first-order valence-corrected chi connectivity index (χ1v) is 14.1. The zero-order chi connectivity index (χ0) is 28.2. The van der Waals surface area contributed by atoms with Crippen molar-refractivity contribution in [2.24, 2.45) is 10.8 Å². The smallest absolute Gasteiger partial charge is 0.0615 e. The topological polar surface area (TPSA) is 53.4 Å². The van der Waals surface area contributed by atoms with Gasteiger partial charge < -0.3 is 15.2 Å². The van der Waals surface area contributed by atoms with Crippen molar-refractivity contribution in [3.05, 3.63) is 91.1 Å². The Morgan fingerprint density at radius 2 is 1.12 bits per heavy atom. The number of benzene rings is 4. The molecule has 4 heteroatoms. The van der Waals surface area contributed by atoms with Gasteiger partial charge in [0.2, 0.25) is 0 Å². The molecule has 5 aromatic rings. The minimum atomic E-state index is -0.427. The van der Waals surface area contributed by atoms with Crippen LogP contribution in [0.2, 0.25) is 0 Å². The van der Waals surface area contributed by atoms with Crippen LogP contribution in [-0.4, -0.2) is 27.4 Å². The third-order valence-electron chi connectivity index (χ3n) is 8.69. The van der Waals surface area contributed by atoms with Crippen molar-refractivity contribution in [3.63, 3.8) is 0 Å². The number of aromatic nitrogens is 1. The molecule has 0 bridgehead atoms. The number of hydrogen-bond acceptors (Lipinski definition) is 3. The van der Waals surface area contributed by atoms with E-state index in [0.717, 1.165) is 24.1 Å². The second kappa shape index (κ2) is 13.4. The van der Waals surface area contributed by atoms with Gasteiger partial charge in [0.15, 0.2) is 0 Å². The first-order chi connectivity index (χ1) is 18.6. The maximum absolute atomic E-state index is 10.0. The zero-order valence-electron chi connectivity index (χ0n) is 24.5. The minimum Gasteiger partial charge on any atom is -0.392 e. The second-order valence-electron chi connectivity index (χ2n) is 11.9. The van der Waals surface area contributed by atoms with E-state index in [-0.39, 0.29) is 30.9 Å². The van der Waals surface area contributed by atoms with Gasteiger partial charge in [0.1, 0.15) is 0 Å². The number of aliphatic hydroxyl groups is 2. The van der Waals surface area contributed by atoms with E-state index in [1.807, 2.05) is 52.1 Å². The Hall–Kier alpha value is -2.62. The third-order valence-corrected chi connectivity index (χ3v) is 8.69. The van der Waals surface area contributed by atoms with E-state index in [2.05, 4.69) is 85.6 Å². The monoisotopic (exact) mass is 713 g/mol. The molecule has 1 radical (unpaired) electrons. The Balaban J connectivity index is 0.000000243. The van der Waals surface area contributed by atoms with Crippen molar-refractivity contribution in [2.75, 3.05) is 0 Å². The van der Waals surface area contributed by atoms with Crippen LogP contribution in [-0.2, 0) is 20.1 Å². The van der Waals surface area contributed by atoms with Crippen LogP contribution < -0.4 is 0 Å². The van der Waals surface area contributed by atoms with Crippen LogP contribution in [0.3, 0.4) is 0 Å². The molecule has 3 nitrogen and oxygen atoms in total. The van der Waals surface area contributed by atoms with Crippen molar-refractivity contribution in [1.82, 2.24) is 4.98 Å².